The molecule has 0 aromatic heterocycles. The highest BCUT2D eigenvalue weighted by molar-refractivity contribution is 6.10. The maximum absolute atomic E-state index is 12.6. The molecule has 2 rings (SSSR count). The fraction of sp³-hybridized carbons (Fsp3) is 0.250. The van der Waals surface area contributed by atoms with Crippen LogP contribution in [0.15, 0.2) is 48.5 Å². The molecule has 2 aromatic carbocycles. The lowest BCUT2D eigenvalue weighted by Crippen LogP contribution is -2.52. The van der Waals surface area contributed by atoms with Crippen molar-refractivity contribution in [1.82, 2.24) is 10.2 Å². The summed E-state index contributed by atoms with van der Waals surface area (Å²) in [6.07, 6.45) is 0. The number of nitrogens with zero attached hydrogens (tertiary/aromatic N) is 1. The highest BCUT2D eigenvalue weighted by Crippen LogP contribution is 2.21. The first-order valence-corrected chi connectivity index (χ1v) is 8.18. The second kappa shape index (κ2) is 8.40. The van der Waals surface area contributed by atoms with Gasteiger partial charge in [-0.2, -0.15) is 0 Å². The van der Waals surface area contributed by atoms with Crippen LogP contribution in [-0.2, 0) is 9.59 Å². The predicted octanol–water partition coefficient (Wildman–Crippen LogP) is 1.41. The van der Waals surface area contributed by atoms with Crippen LogP contribution < -0.4 is 5.32 Å². The van der Waals surface area contributed by atoms with Crippen LogP contribution in [0, 0.1) is 6.92 Å². The first-order valence-electron chi connectivity index (χ1n) is 8.18. The van der Waals surface area contributed by atoms with Crippen LogP contribution in [0.5, 0.6) is 0 Å². The van der Waals surface area contributed by atoms with Gasteiger partial charge in [0.1, 0.15) is 6.61 Å². The van der Waals surface area contributed by atoms with E-state index in [1.54, 1.807) is 12.1 Å². The third kappa shape index (κ3) is 4.15. The number of amides is 2. The second-order valence-corrected chi connectivity index (χ2v) is 6.00. The topological polar surface area (TPSA) is 86.7 Å². The molecule has 0 fully saturated rings. The van der Waals surface area contributed by atoms with Gasteiger partial charge in [-0.05, 0) is 30.2 Å². The molecule has 0 aliphatic carbocycles. The van der Waals surface area contributed by atoms with E-state index in [1.807, 2.05) is 43.3 Å². The van der Waals surface area contributed by atoms with Crippen LogP contribution in [0.2, 0.25) is 0 Å². The second-order valence-electron chi connectivity index (χ2n) is 6.00. The van der Waals surface area contributed by atoms with Crippen LogP contribution in [0.1, 0.15) is 15.9 Å². The first kappa shape index (κ1) is 19.3. The van der Waals surface area contributed by atoms with E-state index in [-0.39, 0.29) is 0 Å². The van der Waals surface area contributed by atoms with E-state index in [2.05, 4.69) is 5.32 Å². The van der Waals surface area contributed by atoms with E-state index >= 15 is 0 Å². The fourth-order valence-electron chi connectivity index (χ4n) is 2.63. The zero-order valence-electron chi connectivity index (χ0n) is 15.0. The normalized spacial score (nSPS) is 11.5. The Morgan fingerprint density at radius 3 is 1.96 bits per heavy atom. The van der Waals surface area contributed by atoms with E-state index in [0.717, 1.165) is 21.6 Å². The van der Waals surface area contributed by atoms with Crippen molar-refractivity contribution >= 4 is 17.6 Å². The van der Waals surface area contributed by atoms with E-state index in [9.17, 15) is 14.4 Å². The summed E-state index contributed by atoms with van der Waals surface area (Å²) in [5.41, 5.74) is 3.50. The number of carbonyl (C=O) groups excluding carboxylic acids is 3. The summed E-state index contributed by atoms with van der Waals surface area (Å²) >= 11 is 0. The van der Waals surface area contributed by atoms with E-state index in [1.165, 1.54) is 14.1 Å². The predicted molar refractivity (Wildman–Crippen MR) is 98.7 cm³/mol. The Morgan fingerprint density at radius 1 is 1.00 bits per heavy atom. The maximum Gasteiger partial charge on any atom is 0.254 e. The largest absolute Gasteiger partial charge is 0.388 e. The van der Waals surface area contributed by atoms with E-state index in [4.69, 9.17) is 5.11 Å². The molecule has 2 aromatic rings. The molecule has 0 spiro atoms. The number of nitrogens with one attached hydrogen (secondary N) is 1. The highest BCUT2D eigenvalue weighted by atomic mass is 16.3. The lowest BCUT2D eigenvalue weighted by Gasteiger charge is -2.25. The SMILES string of the molecule is CNC(=O)C(C(=O)CO)N(C)C(=O)c1ccc(-c2ccc(C)cc2)cc1. The summed E-state index contributed by atoms with van der Waals surface area (Å²) in [7, 11) is 2.73. The maximum atomic E-state index is 12.6. The van der Waals surface area contributed by atoms with Crippen LogP contribution in [0.4, 0.5) is 0 Å². The quantitative estimate of drug-likeness (QED) is 0.768. The number of carbonyl (C=O) groups is 3. The average molecular weight is 354 g/mol. The van der Waals surface area contributed by atoms with Crippen LogP contribution >= 0.6 is 0 Å². The zero-order valence-corrected chi connectivity index (χ0v) is 15.0. The van der Waals surface area contributed by atoms with Crippen LogP contribution in [-0.4, -0.2) is 54.3 Å². The molecule has 2 N–H and O–H groups in total. The summed E-state index contributed by atoms with van der Waals surface area (Å²) in [4.78, 5) is 37.4. The molecule has 6 heteroatoms. The lowest BCUT2D eigenvalue weighted by atomic mass is 10.0. The Morgan fingerprint density at radius 2 is 1.50 bits per heavy atom. The lowest BCUT2D eigenvalue weighted by molar-refractivity contribution is -0.135. The van der Waals surface area contributed by atoms with Crippen LogP contribution in [0.25, 0.3) is 11.1 Å². The molecule has 6 nitrogen and oxygen atoms in total. The Kier molecular flexibility index (Phi) is 6.25. The Labute approximate surface area is 152 Å². The van der Waals surface area contributed by atoms with Gasteiger partial charge >= 0.3 is 0 Å². The molecular weight excluding hydrogens is 332 g/mol. The van der Waals surface area contributed by atoms with Crippen molar-refractivity contribution in [2.75, 3.05) is 20.7 Å². The zero-order chi connectivity index (χ0) is 19.3. The van der Waals surface area contributed by atoms with Gasteiger partial charge in [0.05, 0.1) is 0 Å². The summed E-state index contributed by atoms with van der Waals surface area (Å²) in [6.45, 7) is 1.19. The molecule has 0 aliphatic rings. The summed E-state index contributed by atoms with van der Waals surface area (Å²) in [5.74, 6) is -1.86. The summed E-state index contributed by atoms with van der Waals surface area (Å²) in [5, 5.41) is 11.4. The molecular formula is C20H22N2O4. The number of benzene rings is 2. The number of likely N-dealkylation sites (N-methyl/N-ethyl adjacent to an activating group) is 2. The Balaban J connectivity index is 2.24. The van der Waals surface area contributed by atoms with E-state index < -0.39 is 30.2 Å². The van der Waals surface area contributed by atoms with Gasteiger partial charge in [0, 0.05) is 19.7 Å². The third-order valence-corrected chi connectivity index (χ3v) is 4.18. The molecule has 1 atom stereocenters. The number of rotatable bonds is 6. The number of aryl methyl sites for hydroxylation is 1. The van der Waals surface area contributed by atoms with Gasteiger partial charge in [-0.1, -0.05) is 42.0 Å². The number of Topliss-reactive ketones (excluding diaryl/α,β-unsaturated/α-hetero) is 1. The fourth-order valence-corrected chi connectivity index (χ4v) is 2.63. The number of ketones is 1. The third-order valence-electron chi connectivity index (χ3n) is 4.18. The molecule has 2 amide bonds. The van der Waals surface area contributed by atoms with E-state index in [0.29, 0.717) is 5.56 Å². The van der Waals surface area contributed by atoms with Gasteiger partial charge in [0.15, 0.2) is 11.8 Å². The van der Waals surface area contributed by atoms with Crippen molar-refractivity contribution in [3.63, 3.8) is 0 Å². The molecule has 0 saturated heterocycles. The molecule has 1 unspecified atom stereocenters. The number of hydrogen-bond acceptors (Lipinski definition) is 4. The van der Waals surface area contributed by atoms with Crippen molar-refractivity contribution in [1.29, 1.82) is 0 Å². The van der Waals surface area contributed by atoms with Crippen molar-refractivity contribution < 1.29 is 19.5 Å². The van der Waals surface area contributed by atoms with Gasteiger partial charge in [0.2, 0.25) is 5.91 Å². The summed E-state index contributed by atoms with van der Waals surface area (Å²) < 4.78 is 0. The molecule has 0 heterocycles. The molecule has 0 aliphatic heterocycles. The Bertz CT molecular complexity index is 782. The van der Waals surface area contributed by atoms with Crippen molar-refractivity contribution in [2.45, 2.75) is 13.0 Å². The molecule has 0 saturated carbocycles. The molecule has 136 valence electrons. The first-order chi connectivity index (χ1) is 12.4. The molecule has 0 bridgehead atoms. The number of aliphatic hydroxyl groups is 1. The van der Waals surface area contributed by atoms with Gasteiger partial charge in [-0.3, -0.25) is 14.4 Å². The Hall–Kier alpha value is -2.99. The van der Waals surface area contributed by atoms with Gasteiger partial charge in [-0.25, -0.2) is 0 Å². The van der Waals surface area contributed by atoms with Gasteiger partial charge in [0.25, 0.3) is 5.91 Å². The van der Waals surface area contributed by atoms with Crippen LogP contribution in [0.3, 0.4) is 0 Å². The van der Waals surface area contributed by atoms with Crippen molar-refractivity contribution in [3.8, 4) is 11.1 Å². The average Bonchev–Trinajstić information content (AvgIpc) is 2.67. The number of hydrogen-bond donors (Lipinski definition) is 2. The monoisotopic (exact) mass is 354 g/mol. The van der Waals surface area contributed by atoms with Gasteiger partial charge < -0.3 is 15.3 Å². The minimum Gasteiger partial charge on any atom is -0.388 e. The smallest absolute Gasteiger partial charge is 0.254 e. The molecule has 26 heavy (non-hydrogen) atoms. The summed E-state index contributed by atoms with van der Waals surface area (Å²) in [6, 6.07) is 13.6. The number of aliphatic hydroxyl groups excluding tert-OH is 1. The minimum atomic E-state index is -1.37. The van der Waals surface area contributed by atoms with Crippen molar-refractivity contribution in [2.24, 2.45) is 0 Å². The standard InChI is InChI=1S/C20H22N2O4/c1-13-4-6-14(7-5-13)15-8-10-16(11-9-15)20(26)22(3)18(17(24)12-23)19(25)21-2/h4-11,18,23H,12H2,1-3H3,(H,21,25). The molecule has 0 radical (unpaired) electrons. The minimum absolute atomic E-state index is 0.350. The van der Waals surface area contributed by atoms with Crippen molar-refractivity contribution in [3.05, 3.63) is 59.7 Å². The highest BCUT2D eigenvalue weighted by Gasteiger charge is 2.32. The van der Waals surface area contributed by atoms with Gasteiger partial charge in [-0.15, -0.1) is 0 Å².